The van der Waals surface area contributed by atoms with E-state index in [1.807, 2.05) is 19.2 Å². The van der Waals surface area contributed by atoms with Crippen molar-refractivity contribution >= 4 is 23.1 Å². The Kier molecular flexibility index (Phi) is 4.38. The number of benzene rings is 1. The minimum absolute atomic E-state index is 0.146. The van der Waals surface area contributed by atoms with Crippen molar-refractivity contribution in [3.8, 4) is 0 Å². The maximum absolute atomic E-state index is 13.6. The molecule has 0 saturated heterocycles. The molecule has 0 aliphatic heterocycles. The molecule has 0 unspecified atom stereocenters. The van der Waals surface area contributed by atoms with Crippen LogP contribution in [0, 0.1) is 5.82 Å². The molecule has 20 heavy (non-hydrogen) atoms. The van der Waals surface area contributed by atoms with Gasteiger partial charge in [0.05, 0.1) is 11.4 Å². The molecule has 1 aliphatic carbocycles. The lowest BCUT2D eigenvalue weighted by atomic mass is 10.2. The lowest BCUT2D eigenvalue weighted by Gasteiger charge is -2.00. The van der Waals surface area contributed by atoms with Gasteiger partial charge in [0.2, 0.25) is 0 Å². The molecule has 106 valence electrons. The fourth-order valence-corrected chi connectivity index (χ4v) is 4.24. The predicted octanol–water partition coefficient (Wildman–Crippen LogP) is 4.17. The SMILES string of the molecule is CNCc1sc(CSc2ccccc2F)nc1C1CC1. The summed E-state index contributed by atoms with van der Waals surface area (Å²) >= 11 is 3.29. The molecule has 1 heterocycles. The van der Waals surface area contributed by atoms with E-state index in [0.29, 0.717) is 10.8 Å². The molecule has 0 radical (unpaired) electrons. The average molecular weight is 308 g/mol. The van der Waals surface area contributed by atoms with E-state index in [-0.39, 0.29) is 5.82 Å². The summed E-state index contributed by atoms with van der Waals surface area (Å²) in [5.74, 6) is 1.27. The molecule has 0 spiro atoms. The van der Waals surface area contributed by atoms with E-state index in [1.165, 1.54) is 41.2 Å². The van der Waals surface area contributed by atoms with E-state index in [4.69, 9.17) is 4.98 Å². The van der Waals surface area contributed by atoms with E-state index < -0.39 is 0 Å². The van der Waals surface area contributed by atoms with Crippen molar-refractivity contribution in [3.05, 3.63) is 45.7 Å². The second-order valence-electron chi connectivity index (χ2n) is 4.94. The van der Waals surface area contributed by atoms with E-state index in [1.54, 1.807) is 17.4 Å². The van der Waals surface area contributed by atoms with Gasteiger partial charge in [0.25, 0.3) is 0 Å². The van der Waals surface area contributed by atoms with E-state index in [0.717, 1.165) is 17.3 Å². The number of rotatable bonds is 6. The van der Waals surface area contributed by atoms with Crippen LogP contribution in [0.3, 0.4) is 0 Å². The highest BCUT2D eigenvalue weighted by atomic mass is 32.2. The summed E-state index contributed by atoms with van der Waals surface area (Å²) in [7, 11) is 1.96. The third-order valence-electron chi connectivity index (χ3n) is 3.26. The molecule has 2 aromatic rings. The number of aromatic nitrogens is 1. The maximum atomic E-state index is 13.6. The van der Waals surface area contributed by atoms with Crippen molar-refractivity contribution in [2.24, 2.45) is 0 Å². The molecule has 1 fully saturated rings. The second kappa shape index (κ2) is 6.24. The minimum Gasteiger partial charge on any atom is -0.315 e. The van der Waals surface area contributed by atoms with Gasteiger partial charge in [-0.3, -0.25) is 0 Å². The van der Waals surface area contributed by atoms with Crippen LogP contribution in [-0.2, 0) is 12.3 Å². The smallest absolute Gasteiger partial charge is 0.136 e. The van der Waals surface area contributed by atoms with Crippen LogP contribution in [0.15, 0.2) is 29.2 Å². The molecule has 0 bridgehead atoms. The van der Waals surface area contributed by atoms with Crippen LogP contribution in [0.5, 0.6) is 0 Å². The molecule has 3 rings (SSSR count). The zero-order valence-corrected chi connectivity index (χ0v) is 13.0. The predicted molar refractivity (Wildman–Crippen MR) is 82.8 cm³/mol. The van der Waals surface area contributed by atoms with Crippen LogP contribution in [0.4, 0.5) is 4.39 Å². The van der Waals surface area contributed by atoms with Gasteiger partial charge in [0.1, 0.15) is 10.8 Å². The Morgan fingerprint density at radius 2 is 2.20 bits per heavy atom. The van der Waals surface area contributed by atoms with E-state index in [2.05, 4.69) is 5.32 Å². The summed E-state index contributed by atoms with van der Waals surface area (Å²) in [6.45, 7) is 0.883. The van der Waals surface area contributed by atoms with Gasteiger partial charge in [-0.25, -0.2) is 9.37 Å². The van der Waals surface area contributed by atoms with Gasteiger partial charge in [-0.1, -0.05) is 12.1 Å². The van der Waals surface area contributed by atoms with Gasteiger partial charge in [-0.05, 0) is 32.0 Å². The number of thiazole rings is 1. The Hall–Kier alpha value is -0.910. The third kappa shape index (κ3) is 3.22. The van der Waals surface area contributed by atoms with Crippen LogP contribution in [0.1, 0.15) is 34.3 Å². The van der Waals surface area contributed by atoms with Crippen LogP contribution >= 0.6 is 23.1 Å². The number of hydrogen-bond donors (Lipinski definition) is 1. The number of nitrogens with zero attached hydrogens (tertiary/aromatic N) is 1. The molecule has 5 heteroatoms. The Labute approximate surface area is 126 Å². The molecular formula is C15H17FN2S2. The largest absolute Gasteiger partial charge is 0.315 e. The quantitative estimate of drug-likeness (QED) is 0.811. The first-order chi connectivity index (χ1) is 9.78. The first-order valence-electron chi connectivity index (χ1n) is 6.78. The molecule has 0 amide bonds. The van der Waals surface area contributed by atoms with Crippen LogP contribution in [0.2, 0.25) is 0 Å². The van der Waals surface area contributed by atoms with E-state index >= 15 is 0 Å². The Balaban J connectivity index is 1.71. The Morgan fingerprint density at radius 1 is 1.40 bits per heavy atom. The van der Waals surface area contributed by atoms with Gasteiger partial charge in [-0.2, -0.15) is 0 Å². The van der Waals surface area contributed by atoms with Crippen molar-refractivity contribution in [2.45, 2.75) is 36.0 Å². The molecule has 1 aliphatic rings. The zero-order valence-electron chi connectivity index (χ0n) is 11.4. The zero-order chi connectivity index (χ0) is 13.9. The highest BCUT2D eigenvalue weighted by Gasteiger charge is 2.29. The van der Waals surface area contributed by atoms with Crippen LogP contribution in [-0.4, -0.2) is 12.0 Å². The molecule has 2 nitrogen and oxygen atoms in total. The third-order valence-corrected chi connectivity index (χ3v) is 5.57. The fraction of sp³-hybridized carbons (Fsp3) is 0.400. The monoisotopic (exact) mass is 308 g/mol. The Bertz CT molecular complexity index is 593. The normalized spacial score (nSPS) is 14.7. The molecule has 1 aromatic heterocycles. The number of halogens is 1. The summed E-state index contributed by atoms with van der Waals surface area (Å²) in [5, 5.41) is 4.31. The highest BCUT2D eigenvalue weighted by Crippen LogP contribution is 2.43. The van der Waals surface area contributed by atoms with Gasteiger partial charge in [-0.15, -0.1) is 23.1 Å². The summed E-state index contributed by atoms with van der Waals surface area (Å²) in [6, 6.07) is 6.92. The van der Waals surface area contributed by atoms with Crippen molar-refractivity contribution in [3.63, 3.8) is 0 Å². The Morgan fingerprint density at radius 3 is 2.90 bits per heavy atom. The van der Waals surface area contributed by atoms with Crippen LogP contribution < -0.4 is 5.32 Å². The number of nitrogens with one attached hydrogen (secondary N) is 1. The van der Waals surface area contributed by atoms with E-state index in [9.17, 15) is 4.39 Å². The summed E-state index contributed by atoms with van der Waals surface area (Å²) in [6.07, 6.45) is 2.53. The summed E-state index contributed by atoms with van der Waals surface area (Å²) in [4.78, 5) is 6.82. The first-order valence-corrected chi connectivity index (χ1v) is 8.58. The van der Waals surface area contributed by atoms with Gasteiger partial charge in [0, 0.05) is 22.2 Å². The fourth-order valence-electron chi connectivity index (χ4n) is 2.14. The van der Waals surface area contributed by atoms with Crippen molar-refractivity contribution in [1.29, 1.82) is 0 Å². The molecule has 0 atom stereocenters. The summed E-state index contributed by atoms with van der Waals surface area (Å²) < 4.78 is 13.6. The van der Waals surface area contributed by atoms with Crippen molar-refractivity contribution in [2.75, 3.05) is 7.05 Å². The standard InChI is InChI=1S/C15H17FN2S2/c1-17-8-13-15(10-6-7-10)18-14(20-13)9-19-12-5-3-2-4-11(12)16/h2-5,10,17H,6-9H2,1H3. The topological polar surface area (TPSA) is 24.9 Å². The van der Waals surface area contributed by atoms with Gasteiger partial charge >= 0.3 is 0 Å². The molecular weight excluding hydrogens is 291 g/mol. The summed E-state index contributed by atoms with van der Waals surface area (Å²) in [5.41, 5.74) is 1.27. The molecule has 1 saturated carbocycles. The minimum atomic E-state index is -0.146. The molecule has 1 aromatic carbocycles. The number of hydrogen-bond acceptors (Lipinski definition) is 4. The lowest BCUT2D eigenvalue weighted by molar-refractivity contribution is 0.602. The average Bonchev–Trinajstić information content (AvgIpc) is 3.21. The maximum Gasteiger partial charge on any atom is 0.136 e. The lowest BCUT2D eigenvalue weighted by Crippen LogP contribution is -2.05. The highest BCUT2D eigenvalue weighted by molar-refractivity contribution is 7.98. The number of thioether (sulfide) groups is 1. The first kappa shape index (κ1) is 14.0. The van der Waals surface area contributed by atoms with Crippen LogP contribution in [0.25, 0.3) is 0 Å². The molecule has 1 N–H and O–H groups in total. The van der Waals surface area contributed by atoms with Gasteiger partial charge in [0.15, 0.2) is 0 Å². The van der Waals surface area contributed by atoms with Crippen molar-refractivity contribution < 1.29 is 4.39 Å². The van der Waals surface area contributed by atoms with Crippen molar-refractivity contribution in [1.82, 2.24) is 10.3 Å². The second-order valence-corrected chi connectivity index (χ2v) is 7.13. The van der Waals surface area contributed by atoms with Gasteiger partial charge < -0.3 is 5.32 Å².